The molecule has 0 saturated carbocycles. The molecule has 1 fully saturated rings. The number of alkyl halides is 3. The molecule has 6 heteroatoms. The maximum absolute atomic E-state index is 12.3. The number of benzene rings is 1. The summed E-state index contributed by atoms with van der Waals surface area (Å²) in [6, 6.07) is 6.67. The fourth-order valence-electron chi connectivity index (χ4n) is 2.64. The summed E-state index contributed by atoms with van der Waals surface area (Å²) < 4.78 is 36.9. The first kappa shape index (κ1) is 15.7. The average Bonchev–Trinajstić information content (AvgIpc) is 2.77. The molecule has 0 amide bonds. The van der Waals surface area contributed by atoms with E-state index in [1.165, 1.54) is 12.1 Å². The van der Waals surface area contributed by atoms with Gasteiger partial charge in [-0.25, -0.2) is 0 Å². The molecule has 2 atom stereocenters. The Labute approximate surface area is 121 Å². The third-order valence-corrected chi connectivity index (χ3v) is 4.36. The number of halogens is 3. The van der Waals surface area contributed by atoms with Crippen LogP contribution in [0, 0.1) is 5.92 Å². The van der Waals surface area contributed by atoms with Crippen LogP contribution in [0.5, 0.6) is 0 Å². The molecule has 0 spiro atoms. The second-order valence-electron chi connectivity index (χ2n) is 5.26. The van der Waals surface area contributed by atoms with Gasteiger partial charge in [0, 0.05) is 24.0 Å². The minimum absolute atomic E-state index is 0.0835. The number of hydrogen-bond donors (Lipinski definition) is 1. The number of hydrogen-bond acceptors (Lipinski definition) is 3. The fourth-order valence-corrected chi connectivity index (χ4v) is 3.18. The molecule has 1 aliphatic heterocycles. The zero-order valence-corrected chi connectivity index (χ0v) is 12.2. The normalized spacial score (nSPS) is 22.1. The first-order valence-electron chi connectivity index (χ1n) is 6.69. The number of nitrogens with zero attached hydrogens (tertiary/aromatic N) is 1. The summed E-state index contributed by atoms with van der Waals surface area (Å²) >= 11 is -0.0835. The quantitative estimate of drug-likeness (QED) is 0.861. The van der Waals surface area contributed by atoms with E-state index in [0.717, 1.165) is 25.1 Å². The van der Waals surface area contributed by atoms with Gasteiger partial charge in [0.1, 0.15) is 0 Å². The van der Waals surface area contributed by atoms with Gasteiger partial charge >= 0.3 is 5.51 Å². The Bertz CT molecular complexity index is 433. The van der Waals surface area contributed by atoms with Gasteiger partial charge in [0.2, 0.25) is 0 Å². The first-order valence-corrected chi connectivity index (χ1v) is 7.50. The second-order valence-corrected chi connectivity index (χ2v) is 6.40. The van der Waals surface area contributed by atoms with Crippen molar-refractivity contribution in [2.24, 2.45) is 11.7 Å². The minimum Gasteiger partial charge on any atom is -0.329 e. The molecule has 1 aromatic carbocycles. The van der Waals surface area contributed by atoms with E-state index < -0.39 is 5.51 Å². The Hall–Kier alpha value is -0.720. The predicted molar refractivity (Wildman–Crippen MR) is 75.5 cm³/mol. The summed E-state index contributed by atoms with van der Waals surface area (Å²) in [5.74, 6) is 0.657. The molecule has 2 N–H and O–H groups in total. The van der Waals surface area contributed by atoms with Crippen LogP contribution in [-0.4, -0.2) is 30.0 Å². The van der Waals surface area contributed by atoms with Crippen LogP contribution in [0.15, 0.2) is 29.2 Å². The van der Waals surface area contributed by atoms with Crippen molar-refractivity contribution in [3.8, 4) is 0 Å². The van der Waals surface area contributed by atoms with Crippen molar-refractivity contribution in [1.29, 1.82) is 0 Å². The third kappa shape index (κ3) is 4.14. The molecular formula is C14H19F3N2S. The lowest BCUT2D eigenvalue weighted by molar-refractivity contribution is -0.0328. The number of rotatable bonds is 4. The van der Waals surface area contributed by atoms with Gasteiger partial charge in [0.15, 0.2) is 0 Å². The van der Waals surface area contributed by atoms with Gasteiger partial charge < -0.3 is 5.73 Å². The van der Waals surface area contributed by atoms with Gasteiger partial charge in [0.25, 0.3) is 0 Å². The van der Waals surface area contributed by atoms with E-state index in [4.69, 9.17) is 5.73 Å². The van der Waals surface area contributed by atoms with E-state index in [-0.39, 0.29) is 22.7 Å². The average molecular weight is 304 g/mol. The SMILES string of the molecule is CC1CCN(C(CN)c2ccc(SC(F)(F)F)cc2)C1. The van der Waals surface area contributed by atoms with Gasteiger partial charge in [-0.1, -0.05) is 19.1 Å². The summed E-state index contributed by atoms with van der Waals surface area (Å²) in [5.41, 5.74) is 2.60. The summed E-state index contributed by atoms with van der Waals surface area (Å²) in [6.07, 6.45) is 1.15. The highest BCUT2D eigenvalue weighted by Crippen LogP contribution is 2.37. The molecule has 2 nitrogen and oxygen atoms in total. The monoisotopic (exact) mass is 304 g/mol. The first-order chi connectivity index (χ1) is 9.39. The lowest BCUT2D eigenvalue weighted by Crippen LogP contribution is -2.31. The summed E-state index contributed by atoms with van der Waals surface area (Å²) in [5, 5.41) is 0. The van der Waals surface area contributed by atoms with Crippen LogP contribution in [0.2, 0.25) is 0 Å². The van der Waals surface area contributed by atoms with E-state index >= 15 is 0 Å². The van der Waals surface area contributed by atoms with Gasteiger partial charge in [0.05, 0.1) is 0 Å². The van der Waals surface area contributed by atoms with Crippen molar-refractivity contribution in [2.45, 2.75) is 29.8 Å². The van der Waals surface area contributed by atoms with E-state index in [2.05, 4.69) is 11.8 Å². The Morgan fingerprint density at radius 3 is 2.45 bits per heavy atom. The Balaban J connectivity index is 2.07. The fraction of sp³-hybridized carbons (Fsp3) is 0.571. The number of thioether (sulfide) groups is 1. The largest absolute Gasteiger partial charge is 0.446 e. The Morgan fingerprint density at radius 2 is 2.00 bits per heavy atom. The van der Waals surface area contributed by atoms with Gasteiger partial charge in [-0.15, -0.1) is 0 Å². The van der Waals surface area contributed by atoms with Crippen LogP contribution in [0.1, 0.15) is 24.9 Å². The lowest BCUT2D eigenvalue weighted by Gasteiger charge is -2.27. The topological polar surface area (TPSA) is 29.3 Å². The van der Waals surface area contributed by atoms with Crippen molar-refractivity contribution in [3.05, 3.63) is 29.8 Å². The van der Waals surface area contributed by atoms with Crippen LogP contribution < -0.4 is 5.73 Å². The lowest BCUT2D eigenvalue weighted by atomic mass is 10.1. The van der Waals surface area contributed by atoms with Crippen LogP contribution >= 0.6 is 11.8 Å². The molecule has 20 heavy (non-hydrogen) atoms. The summed E-state index contributed by atoms with van der Waals surface area (Å²) in [7, 11) is 0. The standard InChI is InChI=1S/C14H19F3N2S/c1-10-6-7-19(9-10)13(8-18)11-2-4-12(5-3-11)20-14(15,16)17/h2-5,10,13H,6-9,18H2,1H3. The maximum atomic E-state index is 12.3. The highest BCUT2D eigenvalue weighted by Gasteiger charge is 2.30. The van der Waals surface area contributed by atoms with E-state index in [0.29, 0.717) is 12.5 Å². The predicted octanol–water partition coefficient (Wildman–Crippen LogP) is 3.64. The highest BCUT2D eigenvalue weighted by molar-refractivity contribution is 8.00. The van der Waals surface area contributed by atoms with Gasteiger partial charge in [-0.05, 0) is 48.3 Å². The molecule has 2 unspecified atom stereocenters. The van der Waals surface area contributed by atoms with Gasteiger partial charge in [-0.3, -0.25) is 4.90 Å². The zero-order valence-electron chi connectivity index (χ0n) is 11.4. The second kappa shape index (κ2) is 6.37. The molecule has 2 rings (SSSR count). The molecule has 1 aliphatic rings. The molecular weight excluding hydrogens is 285 g/mol. The van der Waals surface area contributed by atoms with Crippen molar-refractivity contribution < 1.29 is 13.2 Å². The van der Waals surface area contributed by atoms with Crippen molar-refractivity contribution in [3.63, 3.8) is 0 Å². The van der Waals surface area contributed by atoms with Gasteiger partial charge in [-0.2, -0.15) is 13.2 Å². The molecule has 1 aromatic rings. The third-order valence-electron chi connectivity index (χ3n) is 3.62. The minimum atomic E-state index is -4.24. The molecule has 112 valence electrons. The highest BCUT2D eigenvalue weighted by atomic mass is 32.2. The van der Waals surface area contributed by atoms with E-state index in [9.17, 15) is 13.2 Å². The Morgan fingerprint density at radius 1 is 1.35 bits per heavy atom. The molecule has 0 aromatic heterocycles. The van der Waals surface area contributed by atoms with Crippen LogP contribution in [0.25, 0.3) is 0 Å². The van der Waals surface area contributed by atoms with E-state index in [1.54, 1.807) is 12.1 Å². The van der Waals surface area contributed by atoms with Crippen LogP contribution in [-0.2, 0) is 0 Å². The van der Waals surface area contributed by atoms with Crippen molar-refractivity contribution in [2.75, 3.05) is 19.6 Å². The molecule has 0 radical (unpaired) electrons. The summed E-state index contributed by atoms with van der Waals surface area (Å²) in [6.45, 7) is 4.69. The maximum Gasteiger partial charge on any atom is 0.446 e. The zero-order chi connectivity index (χ0) is 14.8. The summed E-state index contributed by atoms with van der Waals surface area (Å²) in [4.78, 5) is 2.53. The van der Waals surface area contributed by atoms with Crippen molar-refractivity contribution in [1.82, 2.24) is 4.90 Å². The molecule has 0 aliphatic carbocycles. The Kier molecular flexibility index (Phi) is 4.99. The van der Waals surface area contributed by atoms with Crippen LogP contribution in [0.3, 0.4) is 0 Å². The number of likely N-dealkylation sites (tertiary alicyclic amines) is 1. The smallest absolute Gasteiger partial charge is 0.329 e. The number of nitrogens with two attached hydrogens (primary N) is 1. The van der Waals surface area contributed by atoms with Crippen LogP contribution in [0.4, 0.5) is 13.2 Å². The molecule has 1 heterocycles. The molecule has 0 bridgehead atoms. The van der Waals surface area contributed by atoms with Crippen molar-refractivity contribution >= 4 is 11.8 Å². The van der Waals surface area contributed by atoms with E-state index in [1.807, 2.05) is 0 Å². The molecule has 1 saturated heterocycles.